The van der Waals surface area contributed by atoms with Crippen LogP contribution in [0.4, 0.5) is 8.78 Å². The number of nitrogens with one attached hydrogen (secondary N) is 2. The molecule has 2 heterocycles. The van der Waals surface area contributed by atoms with E-state index in [9.17, 15) is 13.6 Å². The fourth-order valence-corrected chi connectivity index (χ4v) is 2.88. The SMILES string of the molecule is CC(C)(C)c1csc(CNC(=O)C2CC(F)(F)CN2)n1. The summed E-state index contributed by atoms with van der Waals surface area (Å²) in [5.74, 6) is -3.18. The van der Waals surface area contributed by atoms with Gasteiger partial charge >= 0.3 is 0 Å². The molecule has 1 aromatic rings. The van der Waals surface area contributed by atoms with Crippen LogP contribution >= 0.6 is 11.3 Å². The Kier molecular flexibility index (Phi) is 4.11. The molecular formula is C13H19F2N3OS. The van der Waals surface area contributed by atoms with Gasteiger partial charge in [-0.1, -0.05) is 20.8 Å². The van der Waals surface area contributed by atoms with E-state index in [1.165, 1.54) is 11.3 Å². The lowest BCUT2D eigenvalue weighted by Crippen LogP contribution is -2.40. The summed E-state index contributed by atoms with van der Waals surface area (Å²) in [4.78, 5) is 16.2. The molecular weight excluding hydrogens is 284 g/mol. The van der Waals surface area contributed by atoms with Crippen LogP contribution in [0.3, 0.4) is 0 Å². The summed E-state index contributed by atoms with van der Waals surface area (Å²) in [5.41, 5.74) is 0.936. The van der Waals surface area contributed by atoms with Crippen LogP contribution in [0.15, 0.2) is 5.38 Å². The number of aromatic nitrogens is 1. The van der Waals surface area contributed by atoms with Crippen LogP contribution in [0, 0.1) is 0 Å². The lowest BCUT2D eigenvalue weighted by atomic mass is 9.93. The monoisotopic (exact) mass is 303 g/mol. The Balaban J connectivity index is 1.86. The Morgan fingerprint density at radius 3 is 2.80 bits per heavy atom. The zero-order valence-corrected chi connectivity index (χ0v) is 12.6. The molecule has 112 valence electrons. The van der Waals surface area contributed by atoms with Gasteiger partial charge in [0.15, 0.2) is 0 Å². The van der Waals surface area contributed by atoms with Crippen molar-refractivity contribution >= 4 is 17.2 Å². The van der Waals surface area contributed by atoms with Crippen LogP contribution < -0.4 is 10.6 Å². The predicted molar refractivity (Wildman–Crippen MR) is 74.0 cm³/mol. The molecule has 1 amide bonds. The van der Waals surface area contributed by atoms with Gasteiger partial charge in [-0.2, -0.15) is 0 Å². The van der Waals surface area contributed by atoms with Gasteiger partial charge in [0.2, 0.25) is 5.91 Å². The molecule has 1 unspecified atom stereocenters. The number of hydrogen-bond donors (Lipinski definition) is 2. The molecule has 0 saturated carbocycles. The van der Waals surface area contributed by atoms with Crippen molar-refractivity contribution in [3.63, 3.8) is 0 Å². The first-order chi connectivity index (χ1) is 9.17. The summed E-state index contributed by atoms with van der Waals surface area (Å²) in [7, 11) is 0. The lowest BCUT2D eigenvalue weighted by Gasteiger charge is -2.14. The molecule has 0 aromatic carbocycles. The minimum Gasteiger partial charge on any atom is -0.348 e. The number of nitrogens with zero attached hydrogens (tertiary/aromatic N) is 1. The lowest BCUT2D eigenvalue weighted by molar-refractivity contribution is -0.123. The second-order valence-electron chi connectivity index (χ2n) is 6.09. The molecule has 1 aromatic heterocycles. The number of carbonyl (C=O) groups is 1. The summed E-state index contributed by atoms with van der Waals surface area (Å²) in [6.07, 6.45) is -0.441. The molecule has 0 spiro atoms. The van der Waals surface area contributed by atoms with Crippen LogP contribution in [0.2, 0.25) is 0 Å². The van der Waals surface area contributed by atoms with Gasteiger partial charge in [-0.25, -0.2) is 13.8 Å². The average molecular weight is 303 g/mol. The Morgan fingerprint density at radius 1 is 1.60 bits per heavy atom. The topological polar surface area (TPSA) is 54.0 Å². The highest BCUT2D eigenvalue weighted by Gasteiger charge is 2.42. The van der Waals surface area contributed by atoms with Crippen LogP contribution in [0.1, 0.15) is 37.9 Å². The van der Waals surface area contributed by atoms with E-state index in [1.54, 1.807) is 0 Å². The molecule has 0 bridgehead atoms. The third-order valence-corrected chi connectivity index (χ3v) is 4.01. The van der Waals surface area contributed by atoms with E-state index in [-0.39, 0.29) is 12.0 Å². The minimum atomic E-state index is -2.79. The average Bonchev–Trinajstić information content (AvgIpc) is 2.91. The maximum Gasteiger partial charge on any atom is 0.262 e. The van der Waals surface area contributed by atoms with Gasteiger partial charge in [0, 0.05) is 17.2 Å². The molecule has 1 saturated heterocycles. The Morgan fingerprint density at radius 2 is 2.30 bits per heavy atom. The largest absolute Gasteiger partial charge is 0.348 e. The quantitative estimate of drug-likeness (QED) is 0.898. The number of halogens is 2. The van der Waals surface area contributed by atoms with E-state index in [1.807, 2.05) is 5.38 Å². The van der Waals surface area contributed by atoms with Gasteiger partial charge < -0.3 is 5.32 Å². The van der Waals surface area contributed by atoms with Gasteiger partial charge in [0.1, 0.15) is 5.01 Å². The maximum absolute atomic E-state index is 13.0. The smallest absolute Gasteiger partial charge is 0.262 e. The van der Waals surface area contributed by atoms with Crippen molar-refractivity contribution in [1.82, 2.24) is 15.6 Å². The van der Waals surface area contributed by atoms with Crippen molar-refractivity contribution in [1.29, 1.82) is 0 Å². The second-order valence-corrected chi connectivity index (χ2v) is 7.03. The van der Waals surface area contributed by atoms with Crippen molar-refractivity contribution in [2.24, 2.45) is 0 Å². The minimum absolute atomic E-state index is 0.0339. The number of thiazole rings is 1. The van der Waals surface area contributed by atoms with Crippen molar-refractivity contribution < 1.29 is 13.6 Å². The first-order valence-electron chi connectivity index (χ1n) is 6.51. The zero-order valence-electron chi connectivity index (χ0n) is 11.8. The van der Waals surface area contributed by atoms with Crippen LogP contribution in [0.25, 0.3) is 0 Å². The second kappa shape index (κ2) is 5.37. The predicted octanol–water partition coefficient (Wildman–Crippen LogP) is 2.05. The highest BCUT2D eigenvalue weighted by Crippen LogP contribution is 2.26. The van der Waals surface area contributed by atoms with E-state index in [4.69, 9.17) is 0 Å². The van der Waals surface area contributed by atoms with Gasteiger partial charge in [-0.15, -0.1) is 11.3 Å². The summed E-state index contributed by atoms with van der Waals surface area (Å²) < 4.78 is 26.0. The van der Waals surface area contributed by atoms with E-state index < -0.39 is 30.8 Å². The summed E-state index contributed by atoms with van der Waals surface area (Å²) in [5, 5.41) is 7.94. The molecule has 1 atom stereocenters. The normalized spacial score (nSPS) is 21.9. The van der Waals surface area contributed by atoms with E-state index in [2.05, 4.69) is 36.4 Å². The van der Waals surface area contributed by atoms with Crippen LogP contribution in [0.5, 0.6) is 0 Å². The maximum atomic E-state index is 13.0. The van der Waals surface area contributed by atoms with Gasteiger partial charge in [0.05, 0.1) is 24.8 Å². The van der Waals surface area contributed by atoms with E-state index >= 15 is 0 Å². The standard InChI is InChI=1S/C13H19F2N3OS/c1-12(2,3)9-6-20-10(18-9)5-16-11(19)8-4-13(14,15)7-17-8/h6,8,17H,4-5,7H2,1-3H3,(H,16,19). The Bertz CT molecular complexity index is 496. The molecule has 2 rings (SSSR count). The van der Waals surface area contributed by atoms with Gasteiger partial charge in [-0.05, 0) is 0 Å². The third-order valence-electron chi connectivity index (χ3n) is 3.16. The van der Waals surface area contributed by atoms with Gasteiger partial charge in [0.25, 0.3) is 5.92 Å². The highest BCUT2D eigenvalue weighted by atomic mass is 32.1. The summed E-state index contributed by atoms with van der Waals surface area (Å²) in [6, 6.07) is -0.813. The van der Waals surface area contributed by atoms with E-state index in [0.29, 0.717) is 0 Å². The fourth-order valence-electron chi connectivity index (χ4n) is 1.92. The Hall–Kier alpha value is -1.08. The third kappa shape index (κ3) is 3.73. The molecule has 0 radical (unpaired) electrons. The van der Waals surface area contributed by atoms with Crippen molar-refractivity contribution in [2.75, 3.05) is 6.54 Å². The zero-order chi connectivity index (χ0) is 15.0. The molecule has 1 fully saturated rings. The number of amides is 1. The van der Waals surface area contributed by atoms with Gasteiger partial charge in [-0.3, -0.25) is 10.1 Å². The number of rotatable bonds is 3. The number of carbonyl (C=O) groups excluding carboxylic acids is 1. The summed E-state index contributed by atoms with van der Waals surface area (Å²) >= 11 is 1.47. The molecule has 2 N–H and O–H groups in total. The molecule has 20 heavy (non-hydrogen) atoms. The molecule has 7 heteroatoms. The molecule has 4 nitrogen and oxygen atoms in total. The molecule has 0 aliphatic carbocycles. The van der Waals surface area contributed by atoms with E-state index in [0.717, 1.165) is 10.7 Å². The first kappa shape index (κ1) is 15.3. The number of alkyl halides is 2. The van der Waals surface area contributed by atoms with Crippen LogP contribution in [-0.2, 0) is 16.8 Å². The highest BCUT2D eigenvalue weighted by molar-refractivity contribution is 7.09. The Labute approximate surface area is 121 Å². The molecule has 1 aliphatic rings. The fraction of sp³-hybridized carbons (Fsp3) is 0.692. The van der Waals surface area contributed by atoms with Crippen LogP contribution in [-0.4, -0.2) is 29.4 Å². The van der Waals surface area contributed by atoms with Crippen molar-refractivity contribution in [2.45, 2.75) is 51.1 Å². The number of hydrogen-bond acceptors (Lipinski definition) is 4. The summed E-state index contributed by atoms with van der Waals surface area (Å²) in [6.45, 7) is 6.04. The van der Waals surface area contributed by atoms with Crippen molar-refractivity contribution in [3.8, 4) is 0 Å². The van der Waals surface area contributed by atoms with Crippen molar-refractivity contribution in [3.05, 3.63) is 16.1 Å². The first-order valence-corrected chi connectivity index (χ1v) is 7.39. The molecule has 1 aliphatic heterocycles.